The van der Waals surface area contributed by atoms with Crippen molar-refractivity contribution in [1.82, 2.24) is 20.2 Å². The van der Waals surface area contributed by atoms with Crippen molar-refractivity contribution in [2.75, 3.05) is 5.32 Å². The zero-order chi connectivity index (χ0) is 20.4. The number of benzene rings is 1. The molecule has 1 N–H and O–H groups in total. The summed E-state index contributed by atoms with van der Waals surface area (Å²) in [5, 5.41) is 14.9. The van der Waals surface area contributed by atoms with Gasteiger partial charge in [-0.1, -0.05) is 32.5 Å². The Balaban J connectivity index is 2.07. The van der Waals surface area contributed by atoms with Gasteiger partial charge in [-0.25, -0.2) is 4.68 Å². The average molecular weight is 390 g/mol. The molecule has 146 valence electrons. The molecular weight excluding hydrogens is 362 g/mol. The second-order valence-electron chi connectivity index (χ2n) is 8.45. The Bertz CT molecular complexity index is 816. The lowest BCUT2D eigenvalue weighted by Crippen LogP contribution is -2.27. The summed E-state index contributed by atoms with van der Waals surface area (Å²) in [5.41, 5.74) is 0.514. The van der Waals surface area contributed by atoms with Crippen LogP contribution < -0.4 is 5.32 Å². The maximum Gasteiger partial charge on any atom is 0.229 e. The summed E-state index contributed by atoms with van der Waals surface area (Å²) < 4.78 is 1.71. The van der Waals surface area contributed by atoms with Gasteiger partial charge in [0.2, 0.25) is 11.1 Å². The molecule has 1 atom stereocenters. The zero-order valence-corrected chi connectivity index (χ0v) is 17.7. The third-order valence-corrected chi connectivity index (χ3v) is 4.87. The number of ketones is 1. The molecule has 0 bridgehead atoms. The normalized spacial score (nSPS) is 13.3. The van der Waals surface area contributed by atoms with Crippen molar-refractivity contribution < 1.29 is 9.59 Å². The van der Waals surface area contributed by atoms with E-state index in [4.69, 9.17) is 0 Å². The molecule has 1 heterocycles. The van der Waals surface area contributed by atoms with Crippen LogP contribution in [0.3, 0.4) is 0 Å². The molecule has 0 fully saturated rings. The Morgan fingerprint density at radius 1 is 1.07 bits per heavy atom. The van der Waals surface area contributed by atoms with E-state index in [1.807, 2.05) is 48.5 Å². The number of anilines is 1. The van der Waals surface area contributed by atoms with E-state index in [0.717, 1.165) is 0 Å². The first-order valence-corrected chi connectivity index (χ1v) is 9.69. The van der Waals surface area contributed by atoms with Gasteiger partial charge in [0, 0.05) is 16.7 Å². The lowest BCUT2D eigenvalue weighted by molar-refractivity contribution is -0.123. The van der Waals surface area contributed by atoms with E-state index in [9.17, 15) is 9.59 Å². The molecule has 0 unspecified atom stereocenters. The van der Waals surface area contributed by atoms with Crippen LogP contribution >= 0.6 is 11.8 Å². The number of nitrogens with one attached hydrogen (secondary N) is 1. The van der Waals surface area contributed by atoms with Crippen LogP contribution in [0.25, 0.3) is 0 Å². The van der Waals surface area contributed by atoms with Crippen LogP contribution in [-0.4, -0.2) is 37.1 Å². The van der Waals surface area contributed by atoms with Crippen LogP contribution in [0, 0.1) is 5.41 Å². The highest BCUT2D eigenvalue weighted by Crippen LogP contribution is 2.27. The smallest absolute Gasteiger partial charge is 0.229 e. The number of Topliss-reactive ketones (excluding diaryl/α,β-unsaturated/α-hetero) is 1. The Morgan fingerprint density at radius 2 is 1.67 bits per heavy atom. The van der Waals surface area contributed by atoms with Gasteiger partial charge in [0.1, 0.15) is 0 Å². The number of tetrazole rings is 1. The molecule has 0 aliphatic rings. The largest absolute Gasteiger partial charge is 0.326 e. The van der Waals surface area contributed by atoms with Gasteiger partial charge in [0.15, 0.2) is 5.78 Å². The summed E-state index contributed by atoms with van der Waals surface area (Å²) in [7, 11) is 0. The maximum atomic E-state index is 12.7. The lowest BCUT2D eigenvalue weighted by Gasteiger charge is -2.20. The zero-order valence-electron chi connectivity index (χ0n) is 16.9. The van der Waals surface area contributed by atoms with Gasteiger partial charge in [-0.05, 0) is 62.4 Å². The highest BCUT2D eigenvalue weighted by Gasteiger charge is 2.25. The molecule has 0 saturated heterocycles. The predicted molar refractivity (Wildman–Crippen MR) is 107 cm³/mol. The number of rotatable bonds is 5. The third-order valence-electron chi connectivity index (χ3n) is 3.84. The van der Waals surface area contributed by atoms with E-state index in [1.165, 1.54) is 11.8 Å². The molecule has 27 heavy (non-hydrogen) atoms. The molecule has 2 aromatic rings. The van der Waals surface area contributed by atoms with Gasteiger partial charge in [0.05, 0.1) is 10.8 Å². The van der Waals surface area contributed by atoms with Crippen molar-refractivity contribution in [3.8, 4) is 0 Å². The molecule has 7 nitrogen and oxygen atoms in total. The Labute approximate surface area is 164 Å². The van der Waals surface area contributed by atoms with E-state index in [-0.39, 0.29) is 22.5 Å². The topological polar surface area (TPSA) is 89.8 Å². The van der Waals surface area contributed by atoms with E-state index in [0.29, 0.717) is 16.4 Å². The number of carbonyl (C=O) groups is 2. The molecule has 0 spiro atoms. The van der Waals surface area contributed by atoms with E-state index in [2.05, 4.69) is 20.8 Å². The molecule has 0 radical (unpaired) electrons. The summed E-state index contributed by atoms with van der Waals surface area (Å²) in [5.74, 6) is -0.0864. The molecule has 0 aliphatic heterocycles. The van der Waals surface area contributed by atoms with E-state index in [1.54, 1.807) is 28.9 Å². The summed E-state index contributed by atoms with van der Waals surface area (Å²) in [6, 6.07) is 6.94. The van der Waals surface area contributed by atoms with Gasteiger partial charge in [-0.15, -0.1) is 5.10 Å². The standard InChI is InChI=1S/C19H27N5O2S/c1-12(27-17-21-22-23-24(17)19(5,6)7)15(25)13-8-10-14(11-9-13)20-16(26)18(2,3)4/h8-12H,1-7H3,(H,20,26)/t12-/m0/s1. The molecular formula is C19H27N5O2S. The van der Waals surface area contributed by atoms with Crippen molar-refractivity contribution in [1.29, 1.82) is 0 Å². The predicted octanol–water partition coefficient (Wildman–Crippen LogP) is 3.78. The van der Waals surface area contributed by atoms with Gasteiger partial charge < -0.3 is 5.32 Å². The van der Waals surface area contributed by atoms with Crippen LogP contribution in [0.1, 0.15) is 58.8 Å². The number of aromatic nitrogens is 4. The molecule has 1 aromatic carbocycles. The van der Waals surface area contributed by atoms with Crippen molar-refractivity contribution in [3.63, 3.8) is 0 Å². The molecule has 2 rings (SSSR count). The first-order chi connectivity index (χ1) is 12.4. The van der Waals surface area contributed by atoms with Gasteiger partial charge in [0.25, 0.3) is 0 Å². The molecule has 8 heteroatoms. The minimum atomic E-state index is -0.476. The second-order valence-corrected chi connectivity index (χ2v) is 9.76. The van der Waals surface area contributed by atoms with Crippen LogP contribution in [0.4, 0.5) is 5.69 Å². The Hall–Kier alpha value is -2.22. The van der Waals surface area contributed by atoms with Crippen molar-refractivity contribution in [3.05, 3.63) is 29.8 Å². The maximum absolute atomic E-state index is 12.7. The summed E-state index contributed by atoms with van der Waals surface area (Å²) in [4.78, 5) is 24.8. The fraction of sp³-hybridized carbons (Fsp3) is 0.526. The van der Waals surface area contributed by atoms with Gasteiger partial charge in [-0.3, -0.25) is 9.59 Å². The van der Waals surface area contributed by atoms with E-state index < -0.39 is 5.41 Å². The first kappa shape index (κ1) is 21.1. The fourth-order valence-electron chi connectivity index (χ4n) is 2.16. The first-order valence-electron chi connectivity index (χ1n) is 8.81. The van der Waals surface area contributed by atoms with E-state index >= 15 is 0 Å². The fourth-order valence-corrected chi connectivity index (χ4v) is 3.21. The van der Waals surface area contributed by atoms with Crippen LogP contribution in [0.5, 0.6) is 0 Å². The van der Waals surface area contributed by atoms with Crippen LogP contribution in [0.2, 0.25) is 0 Å². The average Bonchev–Trinajstić information content (AvgIpc) is 3.02. The number of amides is 1. The van der Waals surface area contributed by atoms with Crippen molar-refractivity contribution in [2.45, 2.75) is 64.4 Å². The van der Waals surface area contributed by atoms with Gasteiger partial charge in [-0.2, -0.15) is 0 Å². The minimum absolute atomic E-state index is 0.0165. The lowest BCUT2D eigenvalue weighted by atomic mass is 9.95. The number of thioether (sulfide) groups is 1. The monoisotopic (exact) mass is 389 g/mol. The highest BCUT2D eigenvalue weighted by atomic mass is 32.2. The second kappa shape index (κ2) is 7.80. The molecule has 0 aliphatic carbocycles. The molecule has 0 saturated carbocycles. The summed E-state index contributed by atoms with van der Waals surface area (Å²) >= 11 is 1.33. The third kappa shape index (κ3) is 5.38. The number of nitrogens with zero attached hydrogens (tertiary/aromatic N) is 4. The molecule has 1 amide bonds. The molecule has 1 aromatic heterocycles. The summed E-state index contributed by atoms with van der Waals surface area (Å²) in [6.07, 6.45) is 0. The Kier molecular flexibility index (Phi) is 6.09. The number of hydrogen-bond donors (Lipinski definition) is 1. The SMILES string of the molecule is C[C@H](Sc1nnnn1C(C)(C)C)C(=O)c1ccc(NC(=O)C(C)(C)C)cc1. The van der Waals surface area contributed by atoms with Crippen LogP contribution in [-0.2, 0) is 10.3 Å². The Morgan fingerprint density at radius 3 is 2.19 bits per heavy atom. The highest BCUT2D eigenvalue weighted by molar-refractivity contribution is 8.00. The van der Waals surface area contributed by atoms with Crippen LogP contribution in [0.15, 0.2) is 29.4 Å². The minimum Gasteiger partial charge on any atom is -0.326 e. The quantitative estimate of drug-likeness (QED) is 0.618. The van der Waals surface area contributed by atoms with Crippen molar-refractivity contribution >= 4 is 29.1 Å². The van der Waals surface area contributed by atoms with Crippen molar-refractivity contribution in [2.24, 2.45) is 5.41 Å². The number of hydrogen-bond acceptors (Lipinski definition) is 6. The number of carbonyl (C=O) groups excluding carboxylic acids is 2. The summed E-state index contributed by atoms with van der Waals surface area (Å²) in [6.45, 7) is 13.4. The van der Waals surface area contributed by atoms with Gasteiger partial charge >= 0.3 is 0 Å².